The number of anilines is 2. The van der Waals surface area contributed by atoms with Crippen molar-refractivity contribution >= 4 is 34.8 Å². The summed E-state index contributed by atoms with van der Waals surface area (Å²) in [7, 11) is 0. The summed E-state index contributed by atoms with van der Waals surface area (Å²) in [5.41, 5.74) is 1.50. The normalized spacial score (nSPS) is 15.1. The second-order valence-electron chi connectivity index (χ2n) is 5.09. The molecule has 0 spiro atoms. The molecule has 0 aromatic carbocycles. The number of thiazole rings is 1. The molecule has 0 aliphatic carbocycles. The van der Waals surface area contributed by atoms with Crippen LogP contribution < -0.4 is 10.2 Å². The van der Waals surface area contributed by atoms with Gasteiger partial charge < -0.3 is 15.0 Å². The summed E-state index contributed by atoms with van der Waals surface area (Å²) in [5.74, 6) is 0.584. The molecule has 7 heteroatoms. The van der Waals surface area contributed by atoms with Crippen molar-refractivity contribution in [3.8, 4) is 0 Å². The Kier molecular flexibility index (Phi) is 4.99. The lowest BCUT2D eigenvalue weighted by Crippen LogP contribution is -2.37. The molecule has 2 aromatic rings. The van der Waals surface area contributed by atoms with Crippen LogP contribution in [-0.2, 0) is 9.53 Å². The molecule has 2 aromatic heterocycles. The number of aryl methyl sites for hydroxylation is 1. The van der Waals surface area contributed by atoms with Crippen molar-refractivity contribution < 1.29 is 9.53 Å². The van der Waals surface area contributed by atoms with Gasteiger partial charge in [0.2, 0.25) is 5.91 Å². The second-order valence-corrected chi connectivity index (χ2v) is 6.15. The Bertz CT molecular complexity index is 708. The molecule has 1 saturated heterocycles. The third-order valence-electron chi connectivity index (χ3n) is 3.40. The second kappa shape index (κ2) is 7.34. The largest absolute Gasteiger partial charge is 0.378 e. The van der Waals surface area contributed by atoms with Crippen LogP contribution in [-0.4, -0.2) is 42.2 Å². The smallest absolute Gasteiger partial charge is 0.248 e. The Balaban J connectivity index is 1.69. The first-order valence-electron chi connectivity index (χ1n) is 7.41. The summed E-state index contributed by atoms with van der Waals surface area (Å²) < 4.78 is 5.36. The van der Waals surface area contributed by atoms with Gasteiger partial charge in [-0.15, -0.1) is 11.3 Å². The van der Waals surface area contributed by atoms with Crippen molar-refractivity contribution in [3.63, 3.8) is 0 Å². The summed E-state index contributed by atoms with van der Waals surface area (Å²) in [6, 6.07) is 3.67. The number of ether oxygens (including phenoxy) is 1. The highest BCUT2D eigenvalue weighted by molar-refractivity contribution is 7.09. The number of morpholine rings is 1. The minimum atomic E-state index is -0.196. The molecule has 1 amide bonds. The minimum absolute atomic E-state index is 0.196. The van der Waals surface area contributed by atoms with Gasteiger partial charge in [0, 0.05) is 30.7 Å². The Labute approximate surface area is 138 Å². The molecular weight excluding hydrogens is 312 g/mol. The SMILES string of the molecule is Cc1nc(/C=C/C(=O)Nc2cccnc2N2CCOCC2)cs1. The third-order valence-corrected chi connectivity index (χ3v) is 4.19. The maximum atomic E-state index is 12.1. The average Bonchev–Trinajstić information content (AvgIpc) is 3.00. The first-order valence-corrected chi connectivity index (χ1v) is 8.29. The topological polar surface area (TPSA) is 67.4 Å². The number of amides is 1. The number of carbonyl (C=O) groups excluding carboxylic acids is 1. The van der Waals surface area contributed by atoms with Crippen LogP contribution in [0.1, 0.15) is 10.7 Å². The Morgan fingerprint density at radius 3 is 3.00 bits per heavy atom. The molecule has 23 heavy (non-hydrogen) atoms. The maximum absolute atomic E-state index is 12.1. The highest BCUT2D eigenvalue weighted by atomic mass is 32.1. The molecular formula is C16H18N4O2S. The van der Waals surface area contributed by atoms with E-state index in [4.69, 9.17) is 4.74 Å². The maximum Gasteiger partial charge on any atom is 0.248 e. The van der Waals surface area contributed by atoms with Crippen molar-refractivity contribution in [2.75, 3.05) is 36.5 Å². The lowest BCUT2D eigenvalue weighted by atomic mass is 10.3. The number of hydrogen-bond donors (Lipinski definition) is 1. The fourth-order valence-corrected chi connectivity index (χ4v) is 2.89. The van der Waals surface area contributed by atoms with Crippen molar-refractivity contribution in [2.45, 2.75) is 6.92 Å². The van der Waals surface area contributed by atoms with Crippen LogP contribution in [0.3, 0.4) is 0 Å². The van der Waals surface area contributed by atoms with E-state index in [1.807, 2.05) is 24.4 Å². The van der Waals surface area contributed by atoms with Gasteiger partial charge in [0.1, 0.15) is 0 Å². The van der Waals surface area contributed by atoms with Gasteiger partial charge in [-0.2, -0.15) is 0 Å². The lowest BCUT2D eigenvalue weighted by molar-refractivity contribution is -0.111. The summed E-state index contributed by atoms with van der Waals surface area (Å²) in [6.45, 7) is 4.83. The van der Waals surface area contributed by atoms with Crippen LogP contribution in [0.5, 0.6) is 0 Å². The summed E-state index contributed by atoms with van der Waals surface area (Å²) in [4.78, 5) is 22.9. The van der Waals surface area contributed by atoms with E-state index in [-0.39, 0.29) is 5.91 Å². The van der Waals surface area contributed by atoms with E-state index in [0.717, 1.165) is 29.6 Å². The van der Waals surface area contributed by atoms with Gasteiger partial charge >= 0.3 is 0 Å². The van der Waals surface area contributed by atoms with Gasteiger partial charge in [-0.1, -0.05) is 0 Å². The molecule has 0 saturated carbocycles. The summed E-state index contributed by atoms with van der Waals surface area (Å²) >= 11 is 1.56. The molecule has 1 fully saturated rings. The number of nitrogens with one attached hydrogen (secondary N) is 1. The number of pyridine rings is 1. The molecule has 3 rings (SSSR count). The highest BCUT2D eigenvalue weighted by Gasteiger charge is 2.16. The van der Waals surface area contributed by atoms with Crippen LogP contribution in [0.4, 0.5) is 11.5 Å². The first-order chi connectivity index (χ1) is 11.2. The fraction of sp³-hybridized carbons (Fsp3) is 0.312. The zero-order valence-corrected chi connectivity index (χ0v) is 13.7. The van der Waals surface area contributed by atoms with Gasteiger partial charge in [0.25, 0.3) is 0 Å². The molecule has 0 atom stereocenters. The zero-order chi connectivity index (χ0) is 16.1. The van der Waals surface area contributed by atoms with Gasteiger partial charge in [-0.3, -0.25) is 4.79 Å². The van der Waals surface area contributed by atoms with Gasteiger partial charge in [-0.05, 0) is 25.1 Å². The van der Waals surface area contributed by atoms with Crippen LogP contribution in [0, 0.1) is 6.92 Å². The molecule has 3 heterocycles. The van der Waals surface area contributed by atoms with E-state index in [1.165, 1.54) is 6.08 Å². The summed E-state index contributed by atoms with van der Waals surface area (Å²) in [6.07, 6.45) is 4.93. The van der Waals surface area contributed by atoms with Crippen LogP contribution in [0.2, 0.25) is 0 Å². The standard InChI is InChI=1S/C16H18N4O2S/c1-12-18-13(11-23-12)4-5-15(21)19-14-3-2-6-17-16(14)20-7-9-22-10-8-20/h2-6,11H,7-10H2,1H3,(H,19,21)/b5-4+. The van der Waals surface area contributed by atoms with E-state index in [0.29, 0.717) is 18.9 Å². The van der Waals surface area contributed by atoms with Gasteiger partial charge in [-0.25, -0.2) is 9.97 Å². The van der Waals surface area contributed by atoms with Gasteiger partial charge in [0.05, 0.1) is 29.6 Å². The number of rotatable bonds is 4. The predicted octanol–water partition coefficient (Wildman–Crippen LogP) is 2.34. The number of aromatic nitrogens is 2. The number of carbonyl (C=O) groups is 1. The van der Waals surface area contributed by atoms with Crippen LogP contribution in [0.25, 0.3) is 6.08 Å². The average molecular weight is 330 g/mol. The quantitative estimate of drug-likeness (QED) is 0.872. The molecule has 120 valence electrons. The van der Waals surface area contributed by atoms with E-state index < -0.39 is 0 Å². The van der Waals surface area contributed by atoms with Crippen molar-refractivity contribution in [1.82, 2.24) is 9.97 Å². The Morgan fingerprint density at radius 2 is 2.26 bits per heavy atom. The van der Waals surface area contributed by atoms with Crippen molar-refractivity contribution in [3.05, 3.63) is 40.5 Å². The van der Waals surface area contributed by atoms with Crippen molar-refractivity contribution in [2.24, 2.45) is 0 Å². The molecule has 0 unspecified atom stereocenters. The number of hydrogen-bond acceptors (Lipinski definition) is 6. The number of nitrogens with zero attached hydrogens (tertiary/aromatic N) is 3. The lowest BCUT2D eigenvalue weighted by Gasteiger charge is -2.29. The third kappa shape index (κ3) is 4.14. The minimum Gasteiger partial charge on any atom is -0.378 e. The first kappa shape index (κ1) is 15.6. The Hall–Kier alpha value is -2.25. The molecule has 1 aliphatic rings. The monoisotopic (exact) mass is 330 g/mol. The van der Waals surface area contributed by atoms with Crippen LogP contribution in [0.15, 0.2) is 29.8 Å². The molecule has 1 aliphatic heterocycles. The van der Waals surface area contributed by atoms with E-state index in [9.17, 15) is 4.79 Å². The molecule has 0 bridgehead atoms. The molecule has 0 radical (unpaired) electrons. The Morgan fingerprint density at radius 1 is 1.43 bits per heavy atom. The van der Waals surface area contributed by atoms with Gasteiger partial charge in [0.15, 0.2) is 5.82 Å². The molecule has 1 N–H and O–H groups in total. The van der Waals surface area contributed by atoms with E-state index >= 15 is 0 Å². The van der Waals surface area contributed by atoms with E-state index in [1.54, 1.807) is 23.6 Å². The predicted molar refractivity (Wildman–Crippen MR) is 91.8 cm³/mol. The summed E-state index contributed by atoms with van der Waals surface area (Å²) in [5, 5.41) is 5.79. The van der Waals surface area contributed by atoms with E-state index in [2.05, 4.69) is 20.2 Å². The van der Waals surface area contributed by atoms with Crippen LogP contribution >= 0.6 is 11.3 Å². The highest BCUT2D eigenvalue weighted by Crippen LogP contribution is 2.23. The van der Waals surface area contributed by atoms with Crippen molar-refractivity contribution in [1.29, 1.82) is 0 Å². The fourth-order valence-electron chi connectivity index (χ4n) is 2.31. The molecule has 6 nitrogen and oxygen atoms in total. The zero-order valence-electron chi connectivity index (χ0n) is 12.9.